The van der Waals surface area contributed by atoms with Gasteiger partial charge in [0.05, 0.1) is 12.3 Å². The van der Waals surface area contributed by atoms with Crippen molar-refractivity contribution < 1.29 is 13.9 Å². The molecule has 2 heterocycles. The molecule has 1 aliphatic rings. The zero-order valence-electron chi connectivity index (χ0n) is 15.6. The molecule has 1 aromatic heterocycles. The van der Waals surface area contributed by atoms with Crippen molar-refractivity contribution >= 4 is 5.91 Å². The number of furan rings is 1. The summed E-state index contributed by atoms with van der Waals surface area (Å²) in [5, 5.41) is 3.03. The summed E-state index contributed by atoms with van der Waals surface area (Å²) in [6, 6.07) is 11.7. The molecule has 2 atom stereocenters. The maximum absolute atomic E-state index is 12.5. The Morgan fingerprint density at radius 1 is 1.19 bits per heavy atom. The lowest BCUT2D eigenvalue weighted by atomic mass is 10.1. The quantitative estimate of drug-likeness (QED) is 0.822. The van der Waals surface area contributed by atoms with Gasteiger partial charge in [-0.15, -0.1) is 0 Å². The Bertz CT molecular complexity index is 676. The second-order valence-corrected chi connectivity index (χ2v) is 6.95. The van der Waals surface area contributed by atoms with Crippen LogP contribution in [0.15, 0.2) is 47.1 Å². The fourth-order valence-electron chi connectivity index (χ4n) is 3.34. The molecular weight excluding hydrogens is 328 g/mol. The zero-order valence-corrected chi connectivity index (χ0v) is 15.6. The number of amides is 1. The molecule has 140 valence electrons. The molecule has 3 rings (SSSR count). The van der Waals surface area contributed by atoms with Crippen LogP contribution in [0.5, 0.6) is 5.75 Å². The molecule has 0 radical (unpaired) electrons. The second-order valence-electron chi connectivity index (χ2n) is 6.95. The molecule has 1 amide bonds. The number of nitrogens with one attached hydrogen (secondary N) is 1. The zero-order chi connectivity index (χ0) is 18.4. The number of benzene rings is 1. The van der Waals surface area contributed by atoms with Crippen molar-refractivity contribution in [2.45, 2.75) is 45.3 Å². The van der Waals surface area contributed by atoms with E-state index >= 15 is 0 Å². The summed E-state index contributed by atoms with van der Waals surface area (Å²) in [4.78, 5) is 14.9. The molecule has 26 heavy (non-hydrogen) atoms. The van der Waals surface area contributed by atoms with Crippen LogP contribution in [0, 0.1) is 6.92 Å². The first-order valence-corrected chi connectivity index (χ1v) is 9.42. The maximum atomic E-state index is 12.5. The van der Waals surface area contributed by atoms with Gasteiger partial charge in [-0.1, -0.05) is 24.1 Å². The fraction of sp³-hybridized carbons (Fsp3) is 0.476. The van der Waals surface area contributed by atoms with Gasteiger partial charge in [-0.2, -0.15) is 0 Å². The highest BCUT2D eigenvalue weighted by molar-refractivity contribution is 5.80. The number of carbonyl (C=O) groups is 1. The molecule has 1 N–H and O–H groups in total. The monoisotopic (exact) mass is 356 g/mol. The van der Waals surface area contributed by atoms with Crippen LogP contribution in [0.1, 0.15) is 43.6 Å². The van der Waals surface area contributed by atoms with Gasteiger partial charge in [-0.3, -0.25) is 9.69 Å². The molecule has 1 aliphatic heterocycles. The van der Waals surface area contributed by atoms with Crippen molar-refractivity contribution in [3.8, 4) is 5.75 Å². The van der Waals surface area contributed by atoms with Gasteiger partial charge < -0.3 is 14.5 Å². The highest BCUT2D eigenvalue weighted by Crippen LogP contribution is 2.24. The lowest BCUT2D eigenvalue weighted by Gasteiger charge is -2.33. The van der Waals surface area contributed by atoms with Crippen LogP contribution in [0.4, 0.5) is 0 Å². The summed E-state index contributed by atoms with van der Waals surface area (Å²) in [7, 11) is 0. The number of ether oxygens (including phenoxy) is 1. The number of carbonyl (C=O) groups excluding carboxylic acids is 1. The Labute approximate surface area is 155 Å². The van der Waals surface area contributed by atoms with Gasteiger partial charge in [0.2, 0.25) is 0 Å². The van der Waals surface area contributed by atoms with Crippen molar-refractivity contribution in [3.05, 3.63) is 54.0 Å². The molecule has 0 aliphatic carbocycles. The van der Waals surface area contributed by atoms with Gasteiger partial charge in [-0.05, 0) is 64.0 Å². The van der Waals surface area contributed by atoms with Crippen molar-refractivity contribution in [1.29, 1.82) is 0 Å². The minimum atomic E-state index is -0.545. The van der Waals surface area contributed by atoms with Gasteiger partial charge in [0, 0.05) is 6.54 Å². The number of aryl methyl sites for hydroxylation is 1. The number of piperidine rings is 1. The molecule has 0 bridgehead atoms. The average Bonchev–Trinajstić information content (AvgIpc) is 3.19. The summed E-state index contributed by atoms with van der Waals surface area (Å²) in [5.74, 6) is 1.50. The lowest BCUT2D eigenvalue weighted by molar-refractivity contribution is -0.127. The Balaban J connectivity index is 1.57. The van der Waals surface area contributed by atoms with Gasteiger partial charge in [0.1, 0.15) is 11.5 Å². The molecule has 5 heteroatoms. The van der Waals surface area contributed by atoms with Crippen LogP contribution >= 0.6 is 0 Å². The minimum absolute atomic E-state index is 0.0702. The Morgan fingerprint density at radius 3 is 2.58 bits per heavy atom. The van der Waals surface area contributed by atoms with Crippen LogP contribution in [-0.4, -0.2) is 36.5 Å². The molecule has 5 nitrogen and oxygen atoms in total. The molecule has 1 saturated heterocycles. The van der Waals surface area contributed by atoms with Crippen molar-refractivity contribution in [2.24, 2.45) is 0 Å². The van der Waals surface area contributed by atoms with Gasteiger partial charge in [0.25, 0.3) is 5.91 Å². The Hall–Kier alpha value is -2.27. The Morgan fingerprint density at radius 2 is 1.92 bits per heavy atom. The highest BCUT2D eigenvalue weighted by Gasteiger charge is 2.26. The molecule has 1 aromatic carbocycles. The van der Waals surface area contributed by atoms with E-state index in [1.165, 1.54) is 19.3 Å². The molecule has 0 spiro atoms. The second kappa shape index (κ2) is 8.90. The van der Waals surface area contributed by atoms with E-state index in [1.54, 1.807) is 13.2 Å². The van der Waals surface area contributed by atoms with Crippen LogP contribution in [0.2, 0.25) is 0 Å². The van der Waals surface area contributed by atoms with E-state index < -0.39 is 6.10 Å². The van der Waals surface area contributed by atoms with Crippen LogP contribution in [0.25, 0.3) is 0 Å². The Kier molecular flexibility index (Phi) is 6.34. The summed E-state index contributed by atoms with van der Waals surface area (Å²) in [6.45, 7) is 6.40. The number of hydrogen-bond donors (Lipinski definition) is 1. The number of likely N-dealkylation sites (tertiary alicyclic amines) is 1. The van der Waals surface area contributed by atoms with E-state index in [4.69, 9.17) is 9.15 Å². The highest BCUT2D eigenvalue weighted by atomic mass is 16.5. The summed E-state index contributed by atoms with van der Waals surface area (Å²) >= 11 is 0. The largest absolute Gasteiger partial charge is 0.481 e. The predicted molar refractivity (Wildman–Crippen MR) is 101 cm³/mol. The predicted octanol–water partition coefficient (Wildman–Crippen LogP) is 3.70. The van der Waals surface area contributed by atoms with Crippen LogP contribution in [0.3, 0.4) is 0 Å². The average molecular weight is 356 g/mol. The molecule has 2 aromatic rings. The number of nitrogens with zero attached hydrogens (tertiary/aromatic N) is 1. The third-order valence-corrected chi connectivity index (χ3v) is 4.88. The van der Waals surface area contributed by atoms with Crippen molar-refractivity contribution in [1.82, 2.24) is 10.2 Å². The van der Waals surface area contributed by atoms with E-state index in [9.17, 15) is 4.79 Å². The normalized spacial score (nSPS) is 17.5. The van der Waals surface area contributed by atoms with E-state index in [2.05, 4.69) is 10.2 Å². The van der Waals surface area contributed by atoms with E-state index in [0.717, 1.165) is 24.4 Å². The van der Waals surface area contributed by atoms with E-state index in [-0.39, 0.29) is 11.9 Å². The van der Waals surface area contributed by atoms with Gasteiger partial charge in [-0.25, -0.2) is 0 Å². The van der Waals surface area contributed by atoms with Crippen LogP contribution < -0.4 is 10.1 Å². The molecule has 2 unspecified atom stereocenters. The first-order valence-electron chi connectivity index (χ1n) is 9.42. The van der Waals surface area contributed by atoms with E-state index in [1.807, 2.05) is 43.3 Å². The van der Waals surface area contributed by atoms with Crippen LogP contribution in [-0.2, 0) is 4.79 Å². The molecular formula is C21H28N2O3. The van der Waals surface area contributed by atoms with E-state index in [0.29, 0.717) is 12.3 Å². The van der Waals surface area contributed by atoms with Crippen molar-refractivity contribution in [2.75, 3.05) is 19.6 Å². The third kappa shape index (κ3) is 4.88. The van der Waals surface area contributed by atoms with Crippen molar-refractivity contribution in [3.63, 3.8) is 0 Å². The first-order chi connectivity index (χ1) is 12.6. The fourth-order valence-corrected chi connectivity index (χ4v) is 3.34. The van der Waals surface area contributed by atoms with Gasteiger partial charge >= 0.3 is 0 Å². The number of rotatable bonds is 7. The van der Waals surface area contributed by atoms with Gasteiger partial charge in [0.15, 0.2) is 6.10 Å². The molecule has 0 saturated carbocycles. The smallest absolute Gasteiger partial charge is 0.260 e. The topological polar surface area (TPSA) is 54.7 Å². The summed E-state index contributed by atoms with van der Waals surface area (Å²) in [5.41, 5.74) is 1.16. The summed E-state index contributed by atoms with van der Waals surface area (Å²) in [6.07, 6.45) is 4.80. The standard InChI is InChI=1S/C21H28N2O3/c1-16-8-10-18(11-9-16)26-17(2)21(24)22-15-19(20-7-6-14-25-20)23-12-4-3-5-13-23/h6-11,14,17,19H,3-5,12-13,15H2,1-2H3,(H,22,24). The SMILES string of the molecule is Cc1ccc(OC(C)C(=O)NCC(c2ccco2)N2CCCCC2)cc1. The summed E-state index contributed by atoms with van der Waals surface area (Å²) < 4.78 is 11.4. The first kappa shape index (κ1) is 18.5. The minimum Gasteiger partial charge on any atom is -0.481 e. The third-order valence-electron chi connectivity index (χ3n) is 4.88. The molecule has 1 fully saturated rings. The number of hydrogen-bond acceptors (Lipinski definition) is 4. The maximum Gasteiger partial charge on any atom is 0.260 e. The lowest BCUT2D eigenvalue weighted by Crippen LogP contribution is -2.43.